The Kier molecular flexibility index (Phi) is 2.45. The van der Waals surface area contributed by atoms with Gasteiger partial charge in [-0.05, 0) is 31.0 Å². The van der Waals surface area contributed by atoms with E-state index in [-0.39, 0.29) is 11.4 Å². The number of carbonyl (C=O) groups is 1. The molecule has 4 heteroatoms. The maximum Gasteiger partial charge on any atom is 0.170 e. The van der Waals surface area contributed by atoms with Crippen molar-refractivity contribution in [1.29, 1.82) is 0 Å². The molecule has 0 radical (unpaired) electrons. The van der Waals surface area contributed by atoms with E-state index >= 15 is 0 Å². The molecule has 1 unspecified atom stereocenters. The lowest BCUT2D eigenvalue weighted by molar-refractivity contribution is 0.0454. The van der Waals surface area contributed by atoms with Gasteiger partial charge in [0.1, 0.15) is 11.4 Å². The molecule has 4 rings (SSSR count). The van der Waals surface area contributed by atoms with Crippen LogP contribution in [0.5, 0.6) is 5.75 Å². The summed E-state index contributed by atoms with van der Waals surface area (Å²) >= 11 is 5.95. The van der Waals surface area contributed by atoms with Crippen LogP contribution < -0.4 is 4.74 Å². The number of carbonyl (C=O) groups excluding carboxylic acids is 1. The van der Waals surface area contributed by atoms with Gasteiger partial charge in [0, 0.05) is 30.6 Å². The summed E-state index contributed by atoms with van der Waals surface area (Å²) in [5.74, 6) is 0.875. The number of Topliss-reactive ketones (excluding diaryl/α,β-unsaturated/α-hetero) is 1. The Morgan fingerprint density at radius 3 is 3.00 bits per heavy atom. The van der Waals surface area contributed by atoms with Crippen LogP contribution in [-0.4, -0.2) is 35.4 Å². The Morgan fingerprint density at radius 2 is 2.21 bits per heavy atom. The van der Waals surface area contributed by atoms with Gasteiger partial charge in [-0.3, -0.25) is 9.69 Å². The quantitative estimate of drug-likeness (QED) is 0.790. The molecular formula is C15H16ClNO2. The largest absolute Gasteiger partial charge is 0.485 e. The average molecular weight is 278 g/mol. The zero-order chi connectivity index (χ0) is 13.0. The Labute approximate surface area is 117 Å². The van der Waals surface area contributed by atoms with Crippen LogP contribution >= 0.6 is 11.6 Å². The third-order valence-electron chi connectivity index (χ3n) is 4.46. The number of ether oxygens (including phenoxy) is 1. The molecule has 2 heterocycles. The van der Waals surface area contributed by atoms with E-state index in [0.717, 1.165) is 25.6 Å². The first kappa shape index (κ1) is 11.7. The van der Waals surface area contributed by atoms with Gasteiger partial charge in [0.15, 0.2) is 5.78 Å². The summed E-state index contributed by atoms with van der Waals surface area (Å²) in [6.45, 7) is 1.95. The molecule has 2 aliphatic heterocycles. The summed E-state index contributed by atoms with van der Waals surface area (Å²) < 4.78 is 6.19. The van der Waals surface area contributed by atoms with Crippen LogP contribution in [0.25, 0.3) is 0 Å². The first-order valence-electron chi connectivity index (χ1n) is 6.91. The lowest BCUT2D eigenvalue weighted by atomic mass is 9.89. The van der Waals surface area contributed by atoms with Crippen LogP contribution in [-0.2, 0) is 0 Å². The van der Waals surface area contributed by atoms with Gasteiger partial charge in [-0.25, -0.2) is 0 Å². The standard InChI is InChI=1S/C15H16ClNO2/c16-10-1-4-14-12(7-10)13(18)8-15(19-14)5-6-17(9-15)11-2-3-11/h1,4,7,11H,2-3,5-6,8-9H2. The number of fused-ring (bicyclic) bond motifs is 1. The van der Waals surface area contributed by atoms with Gasteiger partial charge in [-0.15, -0.1) is 0 Å². The number of halogens is 1. The van der Waals surface area contributed by atoms with Gasteiger partial charge >= 0.3 is 0 Å². The van der Waals surface area contributed by atoms with Crippen LogP contribution in [0.4, 0.5) is 0 Å². The summed E-state index contributed by atoms with van der Waals surface area (Å²) in [5, 5.41) is 0.595. The second-order valence-corrected chi connectivity index (χ2v) is 6.41. The highest BCUT2D eigenvalue weighted by atomic mass is 35.5. The number of ketones is 1. The van der Waals surface area contributed by atoms with Crippen molar-refractivity contribution in [3.05, 3.63) is 28.8 Å². The van der Waals surface area contributed by atoms with Crippen molar-refractivity contribution in [2.75, 3.05) is 13.1 Å². The fraction of sp³-hybridized carbons (Fsp3) is 0.533. The zero-order valence-electron chi connectivity index (χ0n) is 10.7. The minimum absolute atomic E-state index is 0.168. The van der Waals surface area contributed by atoms with Crippen LogP contribution in [0, 0.1) is 0 Å². The second-order valence-electron chi connectivity index (χ2n) is 5.98. The minimum Gasteiger partial charge on any atom is -0.485 e. The molecule has 1 aromatic carbocycles. The molecule has 0 aromatic heterocycles. The van der Waals surface area contributed by atoms with E-state index in [1.807, 2.05) is 6.07 Å². The highest BCUT2D eigenvalue weighted by Crippen LogP contribution is 2.42. The summed E-state index contributed by atoms with van der Waals surface area (Å²) in [4.78, 5) is 14.8. The number of hydrogen-bond acceptors (Lipinski definition) is 3. The lowest BCUT2D eigenvalue weighted by Crippen LogP contribution is -2.44. The number of rotatable bonds is 1. The number of hydrogen-bond donors (Lipinski definition) is 0. The van der Waals surface area contributed by atoms with Crippen molar-refractivity contribution in [3.8, 4) is 5.75 Å². The second kappa shape index (κ2) is 3.97. The monoisotopic (exact) mass is 277 g/mol. The average Bonchev–Trinajstić information content (AvgIpc) is 3.15. The van der Waals surface area contributed by atoms with E-state index in [9.17, 15) is 4.79 Å². The fourth-order valence-corrected chi connectivity index (χ4v) is 3.49. The Morgan fingerprint density at radius 1 is 1.37 bits per heavy atom. The van der Waals surface area contributed by atoms with Crippen molar-refractivity contribution in [2.45, 2.75) is 37.3 Å². The van der Waals surface area contributed by atoms with E-state index in [0.29, 0.717) is 22.8 Å². The predicted molar refractivity (Wildman–Crippen MR) is 73.0 cm³/mol. The van der Waals surface area contributed by atoms with Crippen LogP contribution in [0.3, 0.4) is 0 Å². The molecule has 1 atom stereocenters. The van der Waals surface area contributed by atoms with Gasteiger partial charge in [0.2, 0.25) is 0 Å². The van der Waals surface area contributed by atoms with Gasteiger partial charge in [0.25, 0.3) is 0 Å². The predicted octanol–water partition coefficient (Wildman–Crippen LogP) is 2.91. The molecule has 19 heavy (non-hydrogen) atoms. The van der Waals surface area contributed by atoms with Gasteiger partial charge in [-0.2, -0.15) is 0 Å². The summed E-state index contributed by atoms with van der Waals surface area (Å²) in [7, 11) is 0. The summed E-state index contributed by atoms with van der Waals surface area (Å²) in [6, 6.07) is 6.08. The molecule has 1 aromatic rings. The van der Waals surface area contributed by atoms with Crippen LogP contribution in [0.1, 0.15) is 36.0 Å². The van der Waals surface area contributed by atoms with E-state index in [4.69, 9.17) is 16.3 Å². The lowest BCUT2D eigenvalue weighted by Gasteiger charge is -2.35. The maximum absolute atomic E-state index is 12.3. The van der Waals surface area contributed by atoms with E-state index in [2.05, 4.69) is 4.90 Å². The highest BCUT2D eigenvalue weighted by molar-refractivity contribution is 6.31. The molecule has 1 spiro atoms. The number of likely N-dealkylation sites (tertiary alicyclic amines) is 1. The molecule has 0 N–H and O–H groups in total. The molecule has 1 saturated carbocycles. The van der Waals surface area contributed by atoms with Gasteiger partial charge in [0.05, 0.1) is 12.0 Å². The van der Waals surface area contributed by atoms with E-state index in [1.54, 1.807) is 12.1 Å². The Bertz CT molecular complexity index is 555. The van der Waals surface area contributed by atoms with Crippen molar-refractivity contribution in [3.63, 3.8) is 0 Å². The molecule has 1 saturated heterocycles. The van der Waals surface area contributed by atoms with E-state index in [1.165, 1.54) is 12.8 Å². The number of nitrogens with zero attached hydrogens (tertiary/aromatic N) is 1. The molecule has 0 bridgehead atoms. The van der Waals surface area contributed by atoms with Crippen LogP contribution in [0.2, 0.25) is 5.02 Å². The first-order chi connectivity index (χ1) is 9.15. The van der Waals surface area contributed by atoms with Gasteiger partial charge < -0.3 is 4.74 Å². The van der Waals surface area contributed by atoms with Crippen LogP contribution in [0.15, 0.2) is 18.2 Å². The fourth-order valence-electron chi connectivity index (χ4n) is 3.32. The molecule has 3 nitrogen and oxygen atoms in total. The molecule has 1 aliphatic carbocycles. The maximum atomic E-state index is 12.3. The van der Waals surface area contributed by atoms with Gasteiger partial charge in [-0.1, -0.05) is 11.6 Å². The van der Waals surface area contributed by atoms with E-state index < -0.39 is 0 Å². The third kappa shape index (κ3) is 1.96. The normalized spacial score (nSPS) is 30.5. The SMILES string of the molecule is O=C1CC2(CCN(C3CC3)C2)Oc2ccc(Cl)cc21. The van der Waals surface area contributed by atoms with Crippen molar-refractivity contribution in [2.24, 2.45) is 0 Å². The minimum atomic E-state index is -0.291. The topological polar surface area (TPSA) is 29.5 Å². The summed E-state index contributed by atoms with van der Waals surface area (Å²) in [6.07, 6.45) is 4.05. The zero-order valence-corrected chi connectivity index (χ0v) is 11.4. The molecule has 100 valence electrons. The number of benzene rings is 1. The van der Waals surface area contributed by atoms with Crippen molar-refractivity contribution in [1.82, 2.24) is 4.90 Å². The first-order valence-corrected chi connectivity index (χ1v) is 7.29. The highest BCUT2D eigenvalue weighted by Gasteiger charge is 2.48. The molecular weight excluding hydrogens is 262 g/mol. The summed E-state index contributed by atoms with van der Waals surface area (Å²) in [5.41, 5.74) is 0.350. The molecule has 0 amide bonds. The molecule has 3 aliphatic rings. The Hall–Kier alpha value is -1.06. The van der Waals surface area contributed by atoms with Crippen molar-refractivity contribution < 1.29 is 9.53 Å². The molecule has 2 fully saturated rings. The smallest absolute Gasteiger partial charge is 0.170 e. The Balaban J connectivity index is 1.64. The van der Waals surface area contributed by atoms with Crippen molar-refractivity contribution >= 4 is 17.4 Å². The third-order valence-corrected chi connectivity index (χ3v) is 4.70.